The quantitative estimate of drug-likeness (QED) is 0.812. The number of nitriles is 1. The summed E-state index contributed by atoms with van der Waals surface area (Å²) in [5.41, 5.74) is -0.939. The zero-order chi connectivity index (χ0) is 13.3. The Kier molecular flexibility index (Phi) is 3.09. The van der Waals surface area contributed by atoms with Gasteiger partial charge >= 0.3 is 6.18 Å². The van der Waals surface area contributed by atoms with E-state index in [0.717, 1.165) is 10.6 Å². The van der Waals surface area contributed by atoms with Crippen molar-refractivity contribution in [3.63, 3.8) is 0 Å². The molecule has 0 aromatic carbocycles. The molecule has 0 saturated heterocycles. The summed E-state index contributed by atoms with van der Waals surface area (Å²) in [5.74, 6) is -0.532. The fourth-order valence-electron chi connectivity index (χ4n) is 1.39. The Morgan fingerprint density at radius 3 is 2.67 bits per heavy atom. The lowest BCUT2D eigenvalue weighted by atomic mass is 10.2. The van der Waals surface area contributed by atoms with Crippen LogP contribution in [0.1, 0.15) is 11.4 Å². The Morgan fingerprint density at radius 2 is 2.06 bits per heavy atom. The maximum Gasteiger partial charge on any atom is 0.420 e. The van der Waals surface area contributed by atoms with Crippen molar-refractivity contribution in [1.82, 2.24) is 14.5 Å². The second-order valence-corrected chi connectivity index (χ2v) is 4.17. The minimum Gasteiger partial charge on any atom is -0.275 e. The van der Waals surface area contributed by atoms with Crippen LogP contribution in [0.25, 0.3) is 5.82 Å². The average Bonchev–Trinajstić information content (AvgIpc) is 2.75. The van der Waals surface area contributed by atoms with Gasteiger partial charge in [0, 0.05) is 23.1 Å². The molecular weight excluding hydrogens is 313 g/mol. The van der Waals surface area contributed by atoms with Crippen molar-refractivity contribution < 1.29 is 13.2 Å². The predicted molar refractivity (Wildman–Crippen MR) is 58.8 cm³/mol. The zero-order valence-electron chi connectivity index (χ0n) is 8.61. The molecule has 8 heteroatoms. The third-order valence-electron chi connectivity index (χ3n) is 2.11. The first-order chi connectivity index (χ1) is 8.43. The summed E-state index contributed by atoms with van der Waals surface area (Å²) in [4.78, 5) is 7.34. The first-order valence-electron chi connectivity index (χ1n) is 4.60. The van der Waals surface area contributed by atoms with Gasteiger partial charge < -0.3 is 0 Å². The predicted octanol–water partition coefficient (Wildman–Crippen LogP) is 2.92. The van der Waals surface area contributed by atoms with E-state index in [1.165, 1.54) is 18.6 Å². The van der Waals surface area contributed by atoms with Gasteiger partial charge in [-0.1, -0.05) is 0 Å². The van der Waals surface area contributed by atoms with Crippen LogP contribution in [0.3, 0.4) is 0 Å². The third kappa shape index (κ3) is 2.22. The zero-order valence-corrected chi connectivity index (χ0v) is 10.2. The lowest BCUT2D eigenvalue weighted by Gasteiger charge is -2.12. The largest absolute Gasteiger partial charge is 0.420 e. The van der Waals surface area contributed by atoms with E-state index in [1.54, 1.807) is 6.07 Å². The number of pyridine rings is 1. The molecular formula is C10H4BrF3N4. The second-order valence-electron chi connectivity index (χ2n) is 3.26. The molecule has 2 aromatic heterocycles. The van der Waals surface area contributed by atoms with Crippen LogP contribution in [-0.4, -0.2) is 14.5 Å². The number of imidazole rings is 1. The van der Waals surface area contributed by atoms with E-state index in [1.807, 2.05) is 0 Å². The molecule has 0 spiro atoms. The smallest absolute Gasteiger partial charge is 0.275 e. The van der Waals surface area contributed by atoms with E-state index in [0.29, 0.717) is 0 Å². The maximum absolute atomic E-state index is 12.9. The van der Waals surface area contributed by atoms with E-state index >= 15 is 0 Å². The van der Waals surface area contributed by atoms with Gasteiger partial charge in [0.2, 0.25) is 5.82 Å². The van der Waals surface area contributed by atoms with Crippen LogP contribution < -0.4 is 0 Å². The van der Waals surface area contributed by atoms with Crippen LogP contribution in [0.15, 0.2) is 29.1 Å². The van der Waals surface area contributed by atoms with Gasteiger partial charge in [0.1, 0.15) is 6.07 Å². The topological polar surface area (TPSA) is 54.5 Å². The molecule has 0 amide bonds. The molecule has 0 unspecified atom stereocenters. The Hall–Kier alpha value is -1.88. The van der Waals surface area contributed by atoms with Crippen molar-refractivity contribution in [1.29, 1.82) is 5.26 Å². The lowest BCUT2D eigenvalue weighted by Crippen LogP contribution is -2.13. The summed E-state index contributed by atoms with van der Waals surface area (Å²) >= 11 is 2.94. The van der Waals surface area contributed by atoms with Crippen LogP contribution >= 0.6 is 15.9 Å². The monoisotopic (exact) mass is 316 g/mol. The van der Waals surface area contributed by atoms with E-state index < -0.39 is 11.7 Å². The van der Waals surface area contributed by atoms with Gasteiger partial charge in [-0.05, 0) is 22.0 Å². The van der Waals surface area contributed by atoms with Crippen LogP contribution in [0.4, 0.5) is 13.2 Å². The molecule has 2 aromatic rings. The molecule has 0 aliphatic heterocycles. The standard InChI is InChI=1S/C10H4BrF3N4/c11-6-3-7(10(12,13)14)9(17-5-6)18-2-1-16-8(18)4-15/h1-3,5H. The maximum atomic E-state index is 12.9. The summed E-state index contributed by atoms with van der Waals surface area (Å²) in [5, 5.41) is 8.77. The highest BCUT2D eigenvalue weighted by molar-refractivity contribution is 9.10. The SMILES string of the molecule is N#Cc1nccn1-c1ncc(Br)cc1C(F)(F)F. The van der Waals surface area contributed by atoms with Crippen LogP contribution in [0, 0.1) is 11.3 Å². The van der Waals surface area contributed by atoms with Gasteiger partial charge in [-0.25, -0.2) is 9.97 Å². The summed E-state index contributed by atoms with van der Waals surface area (Å²) in [6.07, 6.45) is -0.846. The molecule has 0 aliphatic carbocycles. The number of hydrogen-bond donors (Lipinski definition) is 0. The van der Waals surface area contributed by atoms with Gasteiger partial charge in [-0.2, -0.15) is 18.4 Å². The molecule has 0 radical (unpaired) electrons. The van der Waals surface area contributed by atoms with Crippen molar-refractivity contribution >= 4 is 15.9 Å². The van der Waals surface area contributed by atoms with Crippen molar-refractivity contribution in [2.75, 3.05) is 0 Å². The van der Waals surface area contributed by atoms with Gasteiger partial charge in [-0.15, -0.1) is 0 Å². The average molecular weight is 317 g/mol. The number of halogens is 4. The summed E-state index contributed by atoms with van der Waals surface area (Å²) < 4.78 is 39.8. The number of alkyl halides is 3. The van der Waals surface area contributed by atoms with Gasteiger partial charge in [0.25, 0.3) is 0 Å². The molecule has 0 atom stereocenters. The lowest BCUT2D eigenvalue weighted by molar-refractivity contribution is -0.137. The molecule has 0 saturated carbocycles. The third-order valence-corrected chi connectivity index (χ3v) is 2.54. The van der Waals surface area contributed by atoms with E-state index in [9.17, 15) is 13.2 Å². The minimum atomic E-state index is -4.57. The van der Waals surface area contributed by atoms with E-state index in [-0.39, 0.29) is 16.1 Å². The number of aromatic nitrogens is 3. The fraction of sp³-hybridized carbons (Fsp3) is 0.100. The molecule has 4 nitrogen and oxygen atoms in total. The van der Waals surface area contributed by atoms with Crippen molar-refractivity contribution in [2.24, 2.45) is 0 Å². The summed E-state index contributed by atoms with van der Waals surface area (Å²) in [7, 11) is 0. The Labute approximate surface area is 108 Å². The highest BCUT2D eigenvalue weighted by Gasteiger charge is 2.35. The van der Waals surface area contributed by atoms with Crippen molar-refractivity contribution in [3.05, 3.63) is 40.5 Å². The van der Waals surface area contributed by atoms with Crippen LogP contribution in [-0.2, 0) is 6.18 Å². The number of hydrogen-bond acceptors (Lipinski definition) is 3. The van der Waals surface area contributed by atoms with Gasteiger partial charge in [-0.3, -0.25) is 4.57 Å². The highest BCUT2D eigenvalue weighted by Crippen LogP contribution is 2.34. The first kappa shape index (κ1) is 12.6. The molecule has 0 fully saturated rings. The molecule has 0 N–H and O–H groups in total. The first-order valence-corrected chi connectivity index (χ1v) is 5.39. The fourth-order valence-corrected chi connectivity index (χ4v) is 1.72. The Balaban J connectivity index is 2.69. The van der Waals surface area contributed by atoms with Crippen LogP contribution in [0.5, 0.6) is 0 Å². The Morgan fingerprint density at radius 1 is 1.33 bits per heavy atom. The van der Waals surface area contributed by atoms with E-state index in [2.05, 4.69) is 25.9 Å². The molecule has 92 valence electrons. The highest BCUT2D eigenvalue weighted by atomic mass is 79.9. The van der Waals surface area contributed by atoms with Crippen molar-refractivity contribution in [2.45, 2.75) is 6.18 Å². The summed E-state index contributed by atoms with van der Waals surface area (Å²) in [6, 6.07) is 2.61. The molecule has 18 heavy (non-hydrogen) atoms. The van der Waals surface area contributed by atoms with Crippen LogP contribution in [0.2, 0.25) is 0 Å². The molecule has 0 aliphatic rings. The molecule has 0 bridgehead atoms. The normalized spacial score (nSPS) is 11.3. The molecule has 2 rings (SSSR count). The van der Waals surface area contributed by atoms with Gasteiger partial charge in [0.15, 0.2) is 5.82 Å². The van der Waals surface area contributed by atoms with E-state index in [4.69, 9.17) is 5.26 Å². The minimum absolute atomic E-state index is 0.157. The summed E-state index contributed by atoms with van der Waals surface area (Å²) in [6.45, 7) is 0. The number of rotatable bonds is 1. The second kappa shape index (κ2) is 4.42. The van der Waals surface area contributed by atoms with Gasteiger partial charge in [0.05, 0.1) is 5.56 Å². The number of nitrogens with zero attached hydrogens (tertiary/aromatic N) is 4. The molecule has 2 heterocycles. The Bertz CT molecular complexity index is 627. The van der Waals surface area contributed by atoms with Crippen molar-refractivity contribution in [3.8, 4) is 11.9 Å².